The minimum absolute atomic E-state index is 0.0995. The zero-order chi connectivity index (χ0) is 15.2. The molecule has 1 aliphatic carbocycles. The lowest BCUT2D eigenvalue weighted by atomic mass is 9.94. The molecule has 1 heterocycles. The highest BCUT2D eigenvalue weighted by atomic mass is 16.2. The van der Waals surface area contributed by atoms with Gasteiger partial charge in [-0.1, -0.05) is 33.1 Å². The Labute approximate surface area is 128 Å². The van der Waals surface area contributed by atoms with Crippen molar-refractivity contribution in [3.05, 3.63) is 0 Å². The minimum Gasteiger partial charge on any atom is -0.342 e. The number of carbonyl (C=O) groups is 2. The van der Waals surface area contributed by atoms with Gasteiger partial charge in [-0.25, -0.2) is 0 Å². The summed E-state index contributed by atoms with van der Waals surface area (Å²) in [7, 11) is 0. The van der Waals surface area contributed by atoms with Crippen LogP contribution in [0.4, 0.5) is 0 Å². The van der Waals surface area contributed by atoms with Crippen molar-refractivity contribution in [1.82, 2.24) is 9.80 Å². The summed E-state index contributed by atoms with van der Waals surface area (Å²) in [6.45, 7) is 6.50. The molecule has 0 aromatic rings. The number of hydrogen-bond acceptors (Lipinski definition) is 2. The average molecular weight is 294 g/mol. The van der Waals surface area contributed by atoms with Crippen LogP contribution >= 0.6 is 0 Å². The van der Waals surface area contributed by atoms with Crippen molar-refractivity contribution in [3.8, 4) is 0 Å². The Kier molecular flexibility index (Phi) is 6.07. The molecule has 2 rings (SSSR count). The molecule has 4 nitrogen and oxygen atoms in total. The first-order valence-electron chi connectivity index (χ1n) is 8.75. The largest absolute Gasteiger partial charge is 0.342 e. The van der Waals surface area contributed by atoms with E-state index in [0.717, 1.165) is 38.8 Å². The summed E-state index contributed by atoms with van der Waals surface area (Å²) in [5.74, 6) is 0.302. The Morgan fingerprint density at radius 1 is 1.14 bits per heavy atom. The molecule has 0 spiro atoms. The van der Waals surface area contributed by atoms with Crippen LogP contribution in [0.1, 0.15) is 65.2 Å². The normalized spacial score (nSPS) is 23.6. The van der Waals surface area contributed by atoms with Crippen LogP contribution in [0.2, 0.25) is 0 Å². The van der Waals surface area contributed by atoms with Crippen molar-refractivity contribution in [3.63, 3.8) is 0 Å². The molecule has 0 N–H and O–H groups in total. The maximum Gasteiger partial charge on any atom is 0.227 e. The van der Waals surface area contributed by atoms with Crippen LogP contribution in [0, 0.1) is 5.92 Å². The van der Waals surface area contributed by atoms with E-state index in [-0.39, 0.29) is 17.7 Å². The minimum atomic E-state index is -0.0995. The van der Waals surface area contributed by atoms with E-state index in [4.69, 9.17) is 0 Å². The topological polar surface area (TPSA) is 40.6 Å². The standard InChI is InChI=1S/C17H30N2O2/c1-3-10-18(11-4-2)17(21)14-12-16(20)19(13-14)15-8-6-5-7-9-15/h14-15H,3-13H2,1-2H3. The molecule has 2 aliphatic rings. The Morgan fingerprint density at radius 3 is 2.33 bits per heavy atom. The smallest absolute Gasteiger partial charge is 0.227 e. The molecule has 2 amide bonds. The van der Waals surface area contributed by atoms with Crippen LogP contribution in [0.5, 0.6) is 0 Å². The predicted octanol–water partition coefficient (Wildman–Crippen LogP) is 2.82. The summed E-state index contributed by atoms with van der Waals surface area (Å²) in [5, 5.41) is 0. The number of likely N-dealkylation sites (tertiary alicyclic amines) is 1. The van der Waals surface area contributed by atoms with Crippen LogP contribution in [0.3, 0.4) is 0 Å². The first-order chi connectivity index (χ1) is 10.2. The van der Waals surface area contributed by atoms with Gasteiger partial charge in [-0.3, -0.25) is 9.59 Å². The number of rotatable bonds is 6. The highest BCUT2D eigenvalue weighted by molar-refractivity contribution is 5.89. The zero-order valence-corrected chi connectivity index (χ0v) is 13.6. The maximum absolute atomic E-state index is 12.6. The van der Waals surface area contributed by atoms with Crippen LogP contribution in [0.25, 0.3) is 0 Å². The Bertz CT molecular complexity index is 358. The molecule has 1 aliphatic heterocycles. The van der Waals surface area contributed by atoms with E-state index < -0.39 is 0 Å². The van der Waals surface area contributed by atoms with Gasteiger partial charge in [0.1, 0.15) is 0 Å². The summed E-state index contributed by atoms with van der Waals surface area (Å²) >= 11 is 0. The van der Waals surface area contributed by atoms with Gasteiger partial charge in [0.15, 0.2) is 0 Å². The van der Waals surface area contributed by atoms with Gasteiger partial charge in [-0.05, 0) is 25.7 Å². The maximum atomic E-state index is 12.6. The second kappa shape index (κ2) is 7.81. The fourth-order valence-electron chi connectivity index (χ4n) is 3.77. The molecule has 2 fully saturated rings. The van der Waals surface area contributed by atoms with E-state index in [0.29, 0.717) is 19.0 Å². The van der Waals surface area contributed by atoms with Gasteiger partial charge in [0, 0.05) is 32.1 Å². The van der Waals surface area contributed by atoms with Crippen LogP contribution in [-0.4, -0.2) is 47.3 Å². The van der Waals surface area contributed by atoms with E-state index in [1.54, 1.807) is 0 Å². The van der Waals surface area contributed by atoms with Crippen molar-refractivity contribution in [2.75, 3.05) is 19.6 Å². The summed E-state index contributed by atoms with van der Waals surface area (Å²) in [6.07, 6.45) is 8.40. The van der Waals surface area contributed by atoms with Gasteiger partial charge < -0.3 is 9.80 Å². The Hall–Kier alpha value is -1.06. The Morgan fingerprint density at radius 2 is 1.76 bits per heavy atom. The summed E-state index contributed by atoms with van der Waals surface area (Å²) < 4.78 is 0. The van der Waals surface area contributed by atoms with E-state index in [1.165, 1.54) is 19.3 Å². The first-order valence-corrected chi connectivity index (χ1v) is 8.75. The summed E-state index contributed by atoms with van der Waals surface area (Å²) in [4.78, 5) is 28.9. The lowest BCUT2D eigenvalue weighted by Gasteiger charge is -2.31. The fraction of sp³-hybridized carbons (Fsp3) is 0.882. The fourth-order valence-corrected chi connectivity index (χ4v) is 3.77. The molecule has 1 atom stereocenters. The SMILES string of the molecule is CCCN(CCC)C(=O)C1CC(=O)N(C2CCCCC2)C1. The van der Waals surface area contributed by atoms with Gasteiger partial charge in [0.05, 0.1) is 5.92 Å². The van der Waals surface area contributed by atoms with E-state index >= 15 is 0 Å². The van der Waals surface area contributed by atoms with Gasteiger partial charge in [-0.2, -0.15) is 0 Å². The zero-order valence-electron chi connectivity index (χ0n) is 13.6. The average Bonchev–Trinajstić information content (AvgIpc) is 2.89. The first kappa shape index (κ1) is 16.3. The van der Waals surface area contributed by atoms with E-state index in [9.17, 15) is 9.59 Å². The second-order valence-corrected chi connectivity index (χ2v) is 6.56. The number of hydrogen-bond donors (Lipinski definition) is 0. The highest BCUT2D eigenvalue weighted by Gasteiger charge is 2.39. The van der Waals surface area contributed by atoms with Gasteiger partial charge >= 0.3 is 0 Å². The molecule has 120 valence electrons. The lowest BCUT2D eigenvalue weighted by molar-refractivity contribution is -0.136. The molecule has 1 saturated carbocycles. The number of carbonyl (C=O) groups excluding carboxylic acids is 2. The molecule has 0 radical (unpaired) electrons. The lowest BCUT2D eigenvalue weighted by Crippen LogP contribution is -2.41. The van der Waals surface area contributed by atoms with E-state index in [2.05, 4.69) is 13.8 Å². The van der Waals surface area contributed by atoms with Crippen LogP contribution in [0.15, 0.2) is 0 Å². The summed E-state index contributed by atoms with van der Waals surface area (Å²) in [5.41, 5.74) is 0. The van der Waals surface area contributed by atoms with Gasteiger partial charge in [0.2, 0.25) is 11.8 Å². The third-order valence-electron chi connectivity index (χ3n) is 4.82. The van der Waals surface area contributed by atoms with Crippen LogP contribution < -0.4 is 0 Å². The van der Waals surface area contributed by atoms with Crippen molar-refractivity contribution in [2.24, 2.45) is 5.92 Å². The molecular weight excluding hydrogens is 264 g/mol. The molecule has 4 heteroatoms. The van der Waals surface area contributed by atoms with Gasteiger partial charge in [0.25, 0.3) is 0 Å². The predicted molar refractivity (Wildman–Crippen MR) is 83.9 cm³/mol. The molecule has 1 saturated heterocycles. The molecule has 21 heavy (non-hydrogen) atoms. The van der Waals surface area contributed by atoms with Crippen molar-refractivity contribution < 1.29 is 9.59 Å². The quantitative estimate of drug-likeness (QED) is 0.756. The van der Waals surface area contributed by atoms with Crippen molar-refractivity contribution in [1.29, 1.82) is 0 Å². The van der Waals surface area contributed by atoms with Gasteiger partial charge in [-0.15, -0.1) is 0 Å². The Balaban J connectivity index is 1.95. The monoisotopic (exact) mass is 294 g/mol. The van der Waals surface area contributed by atoms with Crippen molar-refractivity contribution >= 4 is 11.8 Å². The third kappa shape index (κ3) is 3.98. The highest BCUT2D eigenvalue weighted by Crippen LogP contribution is 2.29. The molecule has 0 aromatic heterocycles. The number of nitrogens with zero attached hydrogens (tertiary/aromatic N) is 2. The molecular formula is C17H30N2O2. The van der Waals surface area contributed by atoms with E-state index in [1.807, 2.05) is 9.80 Å². The molecule has 1 unspecified atom stereocenters. The third-order valence-corrected chi connectivity index (χ3v) is 4.82. The molecule has 0 bridgehead atoms. The van der Waals surface area contributed by atoms with Crippen LogP contribution in [-0.2, 0) is 9.59 Å². The molecule has 0 aromatic carbocycles. The number of amides is 2. The second-order valence-electron chi connectivity index (χ2n) is 6.56. The van der Waals surface area contributed by atoms with Crippen molar-refractivity contribution in [2.45, 2.75) is 71.3 Å². The summed E-state index contributed by atoms with van der Waals surface area (Å²) in [6, 6.07) is 0.398.